The van der Waals surface area contributed by atoms with Crippen LogP contribution in [-0.4, -0.2) is 35.7 Å². The van der Waals surface area contributed by atoms with E-state index in [9.17, 15) is 14.4 Å². The van der Waals surface area contributed by atoms with Gasteiger partial charge in [0.05, 0.1) is 5.56 Å². The summed E-state index contributed by atoms with van der Waals surface area (Å²) in [7, 11) is 0. The Morgan fingerprint density at radius 2 is 1.54 bits per heavy atom. The van der Waals surface area contributed by atoms with Gasteiger partial charge in [-0.3, -0.25) is 14.4 Å². The van der Waals surface area contributed by atoms with Crippen LogP contribution in [0.25, 0.3) is 0 Å². The van der Waals surface area contributed by atoms with Crippen molar-refractivity contribution in [2.45, 2.75) is 13.8 Å². The van der Waals surface area contributed by atoms with Gasteiger partial charge in [-0.15, -0.1) is 0 Å². The van der Waals surface area contributed by atoms with Gasteiger partial charge >= 0.3 is 0 Å². The van der Waals surface area contributed by atoms with E-state index in [0.717, 1.165) is 0 Å². The zero-order valence-electron chi connectivity index (χ0n) is 14.6. The summed E-state index contributed by atoms with van der Waals surface area (Å²) in [5.74, 6) is -0.665. The van der Waals surface area contributed by atoms with E-state index in [1.807, 2.05) is 13.0 Å². The van der Waals surface area contributed by atoms with Crippen LogP contribution >= 0.6 is 15.9 Å². The van der Waals surface area contributed by atoms with E-state index in [4.69, 9.17) is 0 Å². The lowest BCUT2D eigenvalue weighted by molar-refractivity contribution is -0.117. The molecule has 0 unspecified atom stereocenters. The van der Waals surface area contributed by atoms with E-state index >= 15 is 0 Å². The van der Waals surface area contributed by atoms with Crippen molar-refractivity contribution in [3.63, 3.8) is 0 Å². The number of carbonyl (C=O) groups excluding carboxylic acids is 3. The predicted octanol–water partition coefficient (Wildman–Crippen LogP) is 3.51. The van der Waals surface area contributed by atoms with Gasteiger partial charge < -0.3 is 15.5 Å². The summed E-state index contributed by atoms with van der Waals surface area (Å²) in [4.78, 5) is 37.4. The minimum absolute atomic E-state index is 0.0515. The minimum Gasteiger partial charge on any atom is -0.330 e. The van der Waals surface area contributed by atoms with Crippen molar-refractivity contribution in [3.05, 3.63) is 58.6 Å². The molecular formula is C19H20BrN3O3. The molecule has 7 heteroatoms. The van der Waals surface area contributed by atoms with E-state index in [1.165, 1.54) is 11.8 Å². The fourth-order valence-electron chi connectivity index (χ4n) is 2.35. The third-order valence-electron chi connectivity index (χ3n) is 3.60. The maximum absolute atomic E-state index is 12.6. The molecule has 0 aliphatic carbocycles. The Labute approximate surface area is 160 Å². The van der Waals surface area contributed by atoms with Gasteiger partial charge in [0.25, 0.3) is 5.91 Å². The molecule has 2 aromatic carbocycles. The fraction of sp³-hybridized carbons (Fsp3) is 0.211. The average molecular weight is 418 g/mol. The normalized spacial score (nSPS) is 10.1. The highest BCUT2D eigenvalue weighted by Crippen LogP contribution is 2.18. The van der Waals surface area contributed by atoms with Crippen LogP contribution in [0, 0.1) is 0 Å². The Balaban J connectivity index is 1.99. The smallest absolute Gasteiger partial charge is 0.255 e. The Hall–Kier alpha value is -2.67. The second-order valence-corrected chi connectivity index (χ2v) is 6.46. The molecule has 0 radical (unpaired) electrons. The number of rotatable bonds is 6. The van der Waals surface area contributed by atoms with E-state index < -0.39 is 0 Å². The zero-order valence-corrected chi connectivity index (χ0v) is 16.2. The van der Waals surface area contributed by atoms with Gasteiger partial charge in [0.1, 0.15) is 6.54 Å². The molecular weight excluding hydrogens is 398 g/mol. The third-order valence-corrected chi connectivity index (χ3v) is 4.29. The molecule has 0 aliphatic rings. The lowest BCUT2D eigenvalue weighted by Gasteiger charge is -2.21. The van der Waals surface area contributed by atoms with Crippen molar-refractivity contribution in [3.8, 4) is 0 Å². The first-order valence-corrected chi connectivity index (χ1v) is 8.91. The lowest BCUT2D eigenvalue weighted by atomic mass is 10.2. The first kappa shape index (κ1) is 19.7. The fourth-order valence-corrected chi connectivity index (χ4v) is 2.80. The van der Waals surface area contributed by atoms with Crippen LogP contribution in [0.15, 0.2) is 53.0 Å². The molecule has 26 heavy (non-hydrogen) atoms. The van der Waals surface area contributed by atoms with Crippen molar-refractivity contribution < 1.29 is 14.4 Å². The summed E-state index contributed by atoms with van der Waals surface area (Å²) < 4.78 is 0.692. The average Bonchev–Trinajstić information content (AvgIpc) is 2.61. The van der Waals surface area contributed by atoms with Crippen molar-refractivity contribution in [2.24, 2.45) is 0 Å². The number of amides is 3. The topological polar surface area (TPSA) is 78.5 Å². The van der Waals surface area contributed by atoms with Gasteiger partial charge in [0, 0.05) is 29.3 Å². The summed E-state index contributed by atoms with van der Waals surface area (Å²) in [5, 5.41) is 5.41. The number of carbonyl (C=O) groups is 3. The van der Waals surface area contributed by atoms with Crippen molar-refractivity contribution in [2.75, 3.05) is 23.7 Å². The predicted molar refractivity (Wildman–Crippen MR) is 105 cm³/mol. The standard InChI is InChI=1S/C19H20BrN3O3/c1-3-23(19(26)16-6-4-5-7-17(16)20)12-18(25)22-15-10-8-14(9-11-15)21-13(2)24/h4-11H,3,12H2,1-2H3,(H,21,24)(H,22,25). The lowest BCUT2D eigenvalue weighted by Crippen LogP contribution is -2.38. The maximum Gasteiger partial charge on any atom is 0.255 e. The summed E-state index contributed by atoms with van der Waals surface area (Å²) in [6.07, 6.45) is 0. The van der Waals surface area contributed by atoms with Crippen molar-refractivity contribution in [1.29, 1.82) is 0 Å². The molecule has 3 amide bonds. The second kappa shape index (κ2) is 9.15. The number of benzene rings is 2. The molecule has 2 aromatic rings. The summed E-state index contributed by atoms with van der Waals surface area (Å²) in [6.45, 7) is 3.61. The highest BCUT2D eigenvalue weighted by atomic mass is 79.9. The van der Waals surface area contributed by atoms with Crippen molar-refractivity contribution in [1.82, 2.24) is 4.90 Å². The van der Waals surface area contributed by atoms with Gasteiger partial charge in [-0.05, 0) is 59.3 Å². The van der Waals surface area contributed by atoms with Crippen LogP contribution in [0.3, 0.4) is 0 Å². The Morgan fingerprint density at radius 3 is 2.08 bits per heavy atom. The molecule has 6 nitrogen and oxygen atoms in total. The molecule has 2 N–H and O–H groups in total. The Morgan fingerprint density at radius 1 is 0.962 bits per heavy atom. The van der Waals surface area contributed by atoms with Crippen LogP contribution < -0.4 is 10.6 Å². The molecule has 0 atom stereocenters. The number of hydrogen-bond acceptors (Lipinski definition) is 3. The van der Waals surface area contributed by atoms with E-state index in [1.54, 1.807) is 42.5 Å². The summed E-state index contributed by atoms with van der Waals surface area (Å²) in [6, 6.07) is 13.9. The first-order valence-electron chi connectivity index (χ1n) is 8.12. The number of anilines is 2. The SMILES string of the molecule is CCN(CC(=O)Nc1ccc(NC(C)=O)cc1)C(=O)c1ccccc1Br. The van der Waals surface area contributed by atoms with E-state index in [2.05, 4.69) is 26.6 Å². The minimum atomic E-state index is -0.292. The molecule has 0 saturated carbocycles. The van der Waals surface area contributed by atoms with Crippen LogP contribution in [0.2, 0.25) is 0 Å². The van der Waals surface area contributed by atoms with Gasteiger partial charge in [0.15, 0.2) is 0 Å². The molecule has 0 aliphatic heterocycles. The van der Waals surface area contributed by atoms with Crippen LogP contribution in [0.5, 0.6) is 0 Å². The molecule has 136 valence electrons. The molecule has 0 spiro atoms. The van der Waals surface area contributed by atoms with E-state index in [0.29, 0.717) is 28.0 Å². The third kappa shape index (κ3) is 5.42. The monoisotopic (exact) mass is 417 g/mol. The number of halogens is 1. The number of nitrogens with one attached hydrogen (secondary N) is 2. The van der Waals surface area contributed by atoms with Gasteiger partial charge in [0.2, 0.25) is 11.8 Å². The van der Waals surface area contributed by atoms with Gasteiger partial charge in [-0.1, -0.05) is 12.1 Å². The number of hydrogen-bond donors (Lipinski definition) is 2. The quantitative estimate of drug-likeness (QED) is 0.754. The second-order valence-electron chi connectivity index (χ2n) is 5.61. The largest absolute Gasteiger partial charge is 0.330 e. The van der Waals surface area contributed by atoms with Gasteiger partial charge in [-0.25, -0.2) is 0 Å². The van der Waals surface area contributed by atoms with Crippen LogP contribution in [0.4, 0.5) is 11.4 Å². The van der Waals surface area contributed by atoms with E-state index in [-0.39, 0.29) is 24.3 Å². The van der Waals surface area contributed by atoms with Crippen LogP contribution in [0.1, 0.15) is 24.2 Å². The first-order chi connectivity index (χ1) is 12.4. The highest BCUT2D eigenvalue weighted by molar-refractivity contribution is 9.10. The number of likely N-dealkylation sites (N-methyl/N-ethyl adjacent to an activating group) is 1. The molecule has 0 aromatic heterocycles. The summed E-state index contributed by atoms with van der Waals surface area (Å²) >= 11 is 3.36. The maximum atomic E-state index is 12.6. The van der Waals surface area contributed by atoms with Gasteiger partial charge in [-0.2, -0.15) is 0 Å². The molecule has 0 saturated heterocycles. The zero-order chi connectivity index (χ0) is 19.1. The molecule has 0 bridgehead atoms. The van der Waals surface area contributed by atoms with Crippen LogP contribution in [-0.2, 0) is 9.59 Å². The Kier molecular flexibility index (Phi) is 6.91. The van der Waals surface area contributed by atoms with Crippen molar-refractivity contribution >= 4 is 45.0 Å². The number of nitrogens with zero attached hydrogens (tertiary/aromatic N) is 1. The molecule has 2 rings (SSSR count). The molecule has 0 heterocycles. The molecule has 0 fully saturated rings. The highest BCUT2D eigenvalue weighted by Gasteiger charge is 2.19. The Bertz CT molecular complexity index is 806. The summed E-state index contributed by atoms with van der Waals surface area (Å²) in [5.41, 5.74) is 1.75.